The predicted molar refractivity (Wildman–Crippen MR) is 123 cm³/mol. The molecule has 4 atom stereocenters. The smallest absolute Gasteiger partial charge is 0.338 e. The third-order valence-corrected chi connectivity index (χ3v) is 6.11. The monoisotopic (exact) mass is 454 g/mol. The quantitative estimate of drug-likeness (QED) is 0.466. The van der Waals surface area contributed by atoms with Crippen molar-refractivity contribution in [1.82, 2.24) is 0 Å². The van der Waals surface area contributed by atoms with E-state index in [9.17, 15) is 4.79 Å². The van der Waals surface area contributed by atoms with Gasteiger partial charge in [0.05, 0.1) is 6.61 Å². The van der Waals surface area contributed by atoms with Gasteiger partial charge in [0, 0.05) is 18.6 Å². The molecule has 6 heteroatoms. The van der Waals surface area contributed by atoms with Crippen molar-refractivity contribution in [2.75, 3.05) is 13.2 Å². The van der Waals surface area contributed by atoms with Crippen LogP contribution in [0.3, 0.4) is 0 Å². The molecule has 33 heavy (non-hydrogen) atoms. The van der Waals surface area contributed by atoms with Crippen molar-refractivity contribution < 1.29 is 28.5 Å². The molecule has 0 saturated carbocycles. The maximum atomic E-state index is 13.2. The molecule has 2 heterocycles. The first kappa shape index (κ1) is 23.9. The minimum atomic E-state index is -1.00. The summed E-state index contributed by atoms with van der Waals surface area (Å²) >= 11 is 0. The second-order valence-electron chi connectivity index (χ2n) is 8.64. The van der Waals surface area contributed by atoms with Crippen LogP contribution in [-0.2, 0) is 40.9 Å². The molecule has 4 unspecified atom stereocenters. The van der Waals surface area contributed by atoms with E-state index in [-0.39, 0.29) is 19.5 Å². The molecule has 0 radical (unpaired) electrons. The van der Waals surface area contributed by atoms with Crippen LogP contribution in [0.5, 0.6) is 0 Å². The highest BCUT2D eigenvalue weighted by Gasteiger charge is 2.52. The molecule has 2 fully saturated rings. The summed E-state index contributed by atoms with van der Waals surface area (Å²) in [7, 11) is 0. The first-order valence-corrected chi connectivity index (χ1v) is 12.0. The summed E-state index contributed by atoms with van der Waals surface area (Å²) in [6.45, 7) is 3.21. The lowest BCUT2D eigenvalue weighted by molar-refractivity contribution is -0.209. The van der Waals surface area contributed by atoms with Crippen molar-refractivity contribution >= 4 is 5.97 Å². The van der Waals surface area contributed by atoms with Gasteiger partial charge in [0.15, 0.2) is 18.2 Å². The van der Waals surface area contributed by atoms with Crippen LogP contribution in [0.4, 0.5) is 0 Å². The molecule has 0 spiro atoms. The number of ether oxygens (including phenoxy) is 5. The zero-order valence-electron chi connectivity index (χ0n) is 19.3. The third kappa shape index (κ3) is 6.21. The molecule has 0 amide bonds. The largest absolute Gasteiger partial charge is 0.459 e. The second-order valence-corrected chi connectivity index (χ2v) is 8.64. The van der Waals surface area contributed by atoms with E-state index < -0.39 is 24.0 Å². The summed E-state index contributed by atoms with van der Waals surface area (Å²) in [4.78, 5) is 13.2. The highest BCUT2D eigenvalue weighted by atomic mass is 16.8. The van der Waals surface area contributed by atoms with Crippen LogP contribution < -0.4 is 0 Å². The standard InChI is InChI=1S/C27H34O6/c1-2-3-17-27(22-14-8-5-9-15-22)32-23(20-30-24-16-10-11-18-29-24)25(33-27)26(28)31-19-21-12-6-4-7-13-21/h4-9,12-15,23-25H,2-3,10-11,16-20H2,1H3. The fraction of sp³-hybridized carbons (Fsp3) is 0.519. The van der Waals surface area contributed by atoms with E-state index >= 15 is 0 Å². The number of rotatable bonds is 10. The zero-order chi connectivity index (χ0) is 22.9. The first-order chi connectivity index (χ1) is 16.2. The SMILES string of the molecule is CCCCC1(c2ccccc2)OC(COC2CCCCO2)C(C(=O)OCc2ccccc2)O1. The zero-order valence-corrected chi connectivity index (χ0v) is 19.3. The van der Waals surface area contributed by atoms with Crippen molar-refractivity contribution in [1.29, 1.82) is 0 Å². The molecule has 0 N–H and O–H groups in total. The lowest BCUT2D eigenvalue weighted by Gasteiger charge is -2.29. The molecule has 0 aliphatic carbocycles. The predicted octanol–water partition coefficient (Wildman–Crippen LogP) is 5.10. The molecule has 2 aliphatic heterocycles. The number of unbranched alkanes of at least 4 members (excludes halogenated alkanes) is 1. The van der Waals surface area contributed by atoms with Gasteiger partial charge in [0.25, 0.3) is 0 Å². The summed E-state index contributed by atoms with van der Waals surface area (Å²) in [5.41, 5.74) is 1.82. The Labute approximate surface area is 196 Å². The normalized spacial score (nSPS) is 27.4. The van der Waals surface area contributed by atoms with Crippen molar-refractivity contribution in [2.24, 2.45) is 0 Å². The Bertz CT molecular complexity index is 851. The summed E-state index contributed by atoms with van der Waals surface area (Å²) < 4.78 is 30.3. The number of carbonyl (C=O) groups excluding carboxylic acids is 1. The van der Waals surface area contributed by atoms with Gasteiger partial charge in [-0.2, -0.15) is 0 Å². The molecule has 178 valence electrons. The summed E-state index contributed by atoms with van der Waals surface area (Å²) in [6, 6.07) is 19.5. The van der Waals surface area contributed by atoms with Crippen LogP contribution in [0.2, 0.25) is 0 Å². The number of hydrogen-bond donors (Lipinski definition) is 0. The summed E-state index contributed by atoms with van der Waals surface area (Å²) in [5, 5.41) is 0. The maximum absolute atomic E-state index is 13.2. The molecule has 0 bridgehead atoms. The molecule has 2 aliphatic rings. The lowest BCUT2D eigenvalue weighted by Crippen LogP contribution is -2.37. The molecule has 2 aromatic carbocycles. The van der Waals surface area contributed by atoms with Gasteiger partial charge < -0.3 is 23.7 Å². The van der Waals surface area contributed by atoms with Crippen LogP contribution in [0.25, 0.3) is 0 Å². The van der Waals surface area contributed by atoms with Crippen molar-refractivity contribution in [3.8, 4) is 0 Å². The first-order valence-electron chi connectivity index (χ1n) is 12.0. The van der Waals surface area contributed by atoms with E-state index in [1.54, 1.807) is 0 Å². The van der Waals surface area contributed by atoms with Crippen LogP contribution in [-0.4, -0.2) is 37.7 Å². The van der Waals surface area contributed by atoms with Crippen molar-refractivity contribution in [3.05, 3.63) is 71.8 Å². The summed E-state index contributed by atoms with van der Waals surface area (Å²) in [5.74, 6) is -1.44. The van der Waals surface area contributed by atoms with Crippen LogP contribution in [0.15, 0.2) is 60.7 Å². The maximum Gasteiger partial charge on any atom is 0.338 e. The van der Waals surface area contributed by atoms with E-state index in [2.05, 4.69) is 6.92 Å². The molecule has 2 saturated heterocycles. The Balaban J connectivity index is 1.51. The number of benzene rings is 2. The highest BCUT2D eigenvalue weighted by Crippen LogP contribution is 2.42. The number of hydrogen-bond acceptors (Lipinski definition) is 6. The van der Waals surface area contributed by atoms with E-state index in [0.717, 1.165) is 43.2 Å². The Morgan fingerprint density at radius 3 is 2.48 bits per heavy atom. The van der Waals surface area contributed by atoms with Crippen LogP contribution in [0, 0.1) is 0 Å². The molecule has 2 aromatic rings. The minimum Gasteiger partial charge on any atom is -0.459 e. The third-order valence-electron chi connectivity index (χ3n) is 6.11. The second kappa shape index (κ2) is 11.7. The number of carbonyl (C=O) groups is 1. The molecule has 0 aromatic heterocycles. The highest BCUT2D eigenvalue weighted by molar-refractivity contribution is 5.76. The lowest BCUT2D eigenvalue weighted by atomic mass is 10.00. The van der Waals surface area contributed by atoms with Crippen LogP contribution >= 0.6 is 0 Å². The average Bonchev–Trinajstić information content (AvgIpc) is 3.26. The van der Waals surface area contributed by atoms with E-state index in [0.29, 0.717) is 13.0 Å². The number of esters is 1. The summed E-state index contributed by atoms with van der Waals surface area (Å²) in [6.07, 6.45) is 3.76. The van der Waals surface area contributed by atoms with Gasteiger partial charge in [-0.1, -0.05) is 74.0 Å². The molecule has 4 rings (SSSR count). The van der Waals surface area contributed by atoms with Gasteiger partial charge in [-0.05, 0) is 31.2 Å². The Morgan fingerprint density at radius 2 is 1.79 bits per heavy atom. The van der Waals surface area contributed by atoms with Crippen LogP contribution in [0.1, 0.15) is 56.6 Å². The van der Waals surface area contributed by atoms with Gasteiger partial charge >= 0.3 is 5.97 Å². The van der Waals surface area contributed by atoms with Gasteiger partial charge in [-0.25, -0.2) is 4.79 Å². The van der Waals surface area contributed by atoms with Gasteiger partial charge in [-0.15, -0.1) is 0 Å². The molecular weight excluding hydrogens is 420 g/mol. The fourth-order valence-electron chi connectivity index (χ4n) is 4.29. The molecular formula is C27H34O6. The van der Waals surface area contributed by atoms with Crippen molar-refractivity contribution in [2.45, 2.75) is 76.3 Å². The van der Waals surface area contributed by atoms with Gasteiger partial charge in [0.2, 0.25) is 0 Å². The Kier molecular flexibility index (Phi) is 8.51. The Morgan fingerprint density at radius 1 is 1.03 bits per heavy atom. The minimum absolute atomic E-state index is 0.187. The van der Waals surface area contributed by atoms with E-state index in [1.807, 2.05) is 60.7 Å². The Hall–Kier alpha value is -2.25. The van der Waals surface area contributed by atoms with E-state index in [4.69, 9.17) is 23.7 Å². The van der Waals surface area contributed by atoms with Gasteiger partial charge in [-0.3, -0.25) is 0 Å². The topological polar surface area (TPSA) is 63.2 Å². The molecule has 6 nitrogen and oxygen atoms in total. The van der Waals surface area contributed by atoms with Gasteiger partial charge in [0.1, 0.15) is 12.7 Å². The van der Waals surface area contributed by atoms with E-state index in [1.165, 1.54) is 0 Å². The average molecular weight is 455 g/mol. The fourth-order valence-corrected chi connectivity index (χ4v) is 4.29. The van der Waals surface area contributed by atoms with Crippen molar-refractivity contribution in [3.63, 3.8) is 0 Å².